The summed E-state index contributed by atoms with van der Waals surface area (Å²) in [6, 6.07) is 3.89. The standard InChI is InChI=1S/C15H22N2O2/c1-17(2)13(14-8-5-9-19-14)11-16-15(18)10-12-6-3-4-7-12/h3,5-6,8-9,12-13H,4,7,10-11H2,1-2H3,(H,16,18)/t12-,13-/m1/s1. The molecule has 0 saturated carbocycles. The Morgan fingerprint density at radius 1 is 1.58 bits per heavy atom. The van der Waals surface area contributed by atoms with Gasteiger partial charge < -0.3 is 9.73 Å². The normalized spacial score (nSPS) is 19.8. The first-order valence-corrected chi connectivity index (χ1v) is 6.80. The Kier molecular flexibility index (Phi) is 4.80. The summed E-state index contributed by atoms with van der Waals surface area (Å²) in [6.07, 6.45) is 8.76. The summed E-state index contributed by atoms with van der Waals surface area (Å²) < 4.78 is 5.42. The average Bonchev–Trinajstić information content (AvgIpc) is 3.01. The van der Waals surface area contributed by atoms with Gasteiger partial charge in [0.2, 0.25) is 5.91 Å². The number of likely N-dealkylation sites (N-methyl/N-ethyl adjacent to an activating group) is 1. The van der Waals surface area contributed by atoms with Gasteiger partial charge in [-0.05, 0) is 45.0 Å². The second-order valence-electron chi connectivity index (χ2n) is 5.27. The molecule has 19 heavy (non-hydrogen) atoms. The molecule has 4 heteroatoms. The highest BCUT2D eigenvalue weighted by molar-refractivity contribution is 5.76. The van der Waals surface area contributed by atoms with Crippen molar-refractivity contribution in [2.45, 2.75) is 25.3 Å². The van der Waals surface area contributed by atoms with Gasteiger partial charge >= 0.3 is 0 Å². The maximum Gasteiger partial charge on any atom is 0.220 e. The molecular weight excluding hydrogens is 240 g/mol. The van der Waals surface area contributed by atoms with E-state index in [1.165, 1.54) is 0 Å². The minimum Gasteiger partial charge on any atom is -0.468 e. The van der Waals surface area contributed by atoms with Gasteiger partial charge in [-0.15, -0.1) is 0 Å². The fraction of sp³-hybridized carbons (Fsp3) is 0.533. The van der Waals surface area contributed by atoms with Crippen molar-refractivity contribution < 1.29 is 9.21 Å². The quantitative estimate of drug-likeness (QED) is 0.800. The Morgan fingerprint density at radius 3 is 3.00 bits per heavy atom. The molecule has 1 aromatic heterocycles. The molecule has 0 spiro atoms. The van der Waals surface area contributed by atoms with E-state index in [2.05, 4.69) is 22.4 Å². The molecule has 0 unspecified atom stereocenters. The van der Waals surface area contributed by atoms with Crippen LogP contribution in [0.15, 0.2) is 35.0 Å². The largest absolute Gasteiger partial charge is 0.468 e. The molecule has 104 valence electrons. The minimum atomic E-state index is 0.0815. The van der Waals surface area contributed by atoms with Crippen LogP contribution in [-0.2, 0) is 4.79 Å². The van der Waals surface area contributed by atoms with E-state index in [9.17, 15) is 4.79 Å². The smallest absolute Gasteiger partial charge is 0.220 e. The molecule has 1 N–H and O–H groups in total. The number of nitrogens with one attached hydrogen (secondary N) is 1. The first-order chi connectivity index (χ1) is 9.16. The molecule has 1 amide bonds. The first-order valence-electron chi connectivity index (χ1n) is 6.80. The fourth-order valence-corrected chi connectivity index (χ4v) is 2.40. The van der Waals surface area contributed by atoms with Crippen molar-refractivity contribution in [1.29, 1.82) is 0 Å². The van der Waals surface area contributed by atoms with Crippen molar-refractivity contribution in [3.63, 3.8) is 0 Å². The summed E-state index contributed by atoms with van der Waals surface area (Å²) in [5, 5.41) is 3.00. The molecule has 0 bridgehead atoms. The summed E-state index contributed by atoms with van der Waals surface area (Å²) in [5.41, 5.74) is 0. The van der Waals surface area contributed by atoms with Crippen LogP contribution in [0, 0.1) is 5.92 Å². The Labute approximate surface area is 114 Å². The van der Waals surface area contributed by atoms with Gasteiger partial charge in [0.05, 0.1) is 12.3 Å². The highest BCUT2D eigenvalue weighted by Gasteiger charge is 2.19. The SMILES string of the molecule is CN(C)[C@H](CNC(=O)C[C@@H]1C=CCC1)c1ccco1. The third kappa shape index (κ3) is 3.96. The van der Waals surface area contributed by atoms with Crippen LogP contribution in [0.5, 0.6) is 0 Å². The zero-order chi connectivity index (χ0) is 13.7. The van der Waals surface area contributed by atoms with E-state index in [0.717, 1.165) is 18.6 Å². The Balaban J connectivity index is 1.81. The number of carbonyl (C=O) groups excluding carboxylic acids is 1. The Morgan fingerprint density at radius 2 is 2.42 bits per heavy atom. The third-order valence-corrected chi connectivity index (χ3v) is 3.55. The highest BCUT2D eigenvalue weighted by Crippen LogP contribution is 2.21. The van der Waals surface area contributed by atoms with E-state index in [0.29, 0.717) is 18.9 Å². The number of hydrogen-bond donors (Lipinski definition) is 1. The molecule has 1 aliphatic carbocycles. The van der Waals surface area contributed by atoms with Crippen LogP contribution < -0.4 is 5.32 Å². The number of carbonyl (C=O) groups is 1. The number of rotatable bonds is 6. The lowest BCUT2D eigenvalue weighted by Gasteiger charge is -2.22. The number of nitrogens with zero attached hydrogens (tertiary/aromatic N) is 1. The molecule has 1 aliphatic rings. The van der Waals surface area contributed by atoms with Crippen LogP contribution in [0.2, 0.25) is 0 Å². The summed E-state index contributed by atoms with van der Waals surface area (Å²) in [7, 11) is 3.97. The van der Waals surface area contributed by atoms with Crippen molar-refractivity contribution in [3.8, 4) is 0 Å². The summed E-state index contributed by atoms with van der Waals surface area (Å²) >= 11 is 0. The van der Waals surface area contributed by atoms with Gasteiger partial charge in [-0.25, -0.2) is 0 Å². The molecular formula is C15H22N2O2. The van der Waals surface area contributed by atoms with Gasteiger partial charge in [-0.1, -0.05) is 12.2 Å². The summed E-state index contributed by atoms with van der Waals surface area (Å²) in [4.78, 5) is 14.0. The lowest BCUT2D eigenvalue weighted by atomic mass is 10.0. The molecule has 0 radical (unpaired) electrons. The zero-order valence-electron chi connectivity index (χ0n) is 11.6. The molecule has 0 aromatic carbocycles. The second-order valence-corrected chi connectivity index (χ2v) is 5.27. The summed E-state index contributed by atoms with van der Waals surface area (Å²) in [6.45, 7) is 0.579. The highest BCUT2D eigenvalue weighted by atomic mass is 16.3. The predicted octanol–water partition coefficient (Wildman–Crippen LogP) is 2.35. The van der Waals surface area contributed by atoms with Crippen LogP contribution in [0.3, 0.4) is 0 Å². The zero-order valence-corrected chi connectivity index (χ0v) is 11.6. The monoisotopic (exact) mass is 262 g/mol. The van der Waals surface area contributed by atoms with Gasteiger partial charge in [0.25, 0.3) is 0 Å². The van der Waals surface area contributed by atoms with E-state index >= 15 is 0 Å². The lowest BCUT2D eigenvalue weighted by Crippen LogP contribution is -2.34. The number of allylic oxidation sites excluding steroid dienone is 2. The number of furan rings is 1. The molecule has 1 aromatic rings. The van der Waals surface area contributed by atoms with Gasteiger partial charge in [-0.3, -0.25) is 9.69 Å². The Hall–Kier alpha value is -1.55. The maximum atomic E-state index is 11.9. The van der Waals surface area contributed by atoms with Crippen LogP contribution >= 0.6 is 0 Å². The number of hydrogen-bond acceptors (Lipinski definition) is 3. The second kappa shape index (κ2) is 6.57. The van der Waals surface area contributed by atoms with E-state index in [1.807, 2.05) is 26.2 Å². The van der Waals surface area contributed by atoms with Crippen molar-refractivity contribution in [2.75, 3.05) is 20.6 Å². The molecule has 0 aliphatic heterocycles. The van der Waals surface area contributed by atoms with Crippen LogP contribution in [0.25, 0.3) is 0 Å². The van der Waals surface area contributed by atoms with Gasteiger partial charge in [0.15, 0.2) is 0 Å². The lowest BCUT2D eigenvalue weighted by molar-refractivity contribution is -0.121. The average molecular weight is 262 g/mol. The minimum absolute atomic E-state index is 0.0815. The van der Waals surface area contributed by atoms with Gasteiger partial charge in [0, 0.05) is 13.0 Å². The van der Waals surface area contributed by atoms with Crippen molar-refractivity contribution in [3.05, 3.63) is 36.3 Å². The Bertz CT molecular complexity index is 423. The van der Waals surface area contributed by atoms with Gasteiger partial charge in [-0.2, -0.15) is 0 Å². The molecule has 0 fully saturated rings. The van der Waals surface area contributed by atoms with E-state index in [4.69, 9.17) is 4.42 Å². The molecule has 4 nitrogen and oxygen atoms in total. The topological polar surface area (TPSA) is 45.5 Å². The van der Waals surface area contributed by atoms with Crippen LogP contribution in [-0.4, -0.2) is 31.4 Å². The molecule has 0 saturated heterocycles. The molecule has 2 atom stereocenters. The number of amides is 1. The van der Waals surface area contributed by atoms with Crippen molar-refractivity contribution >= 4 is 5.91 Å². The molecule has 1 heterocycles. The van der Waals surface area contributed by atoms with Crippen molar-refractivity contribution in [1.82, 2.24) is 10.2 Å². The predicted molar refractivity (Wildman–Crippen MR) is 74.6 cm³/mol. The van der Waals surface area contributed by atoms with E-state index in [1.54, 1.807) is 6.26 Å². The van der Waals surface area contributed by atoms with Crippen LogP contribution in [0.4, 0.5) is 0 Å². The van der Waals surface area contributed by atoms with E-state index in [-0.39, 0.29) is 11.9 Å². The van der Waals surface area contributed by atoms with Crippen molar-refractivity contribution in [2.24, 2.45) is 5.92 Å². The van der Waals surface area contributed by atoms with Gasteiger partial charge in [0.1, 0.15) is 5.76 Å². The first kappa shape index (κ1) is 13.9. The van der Waals surface area contributed by atoms with Crippen LogP contribution in [0.1, 0.15) is 31.1 Å². The third-order valence-electron chi connectivity index (χ3n) is 3.55. The molecule has 2 rings (SSSR count). The fourth-order valence-electron chi connectivity index (χ4n) is 2.40. The van der Waals surface area contributed by atoms with E-state index < -0.39 is 0 Å². The maximum absolute atomic E-state index is 11.9. The summed E-state index contributed by atoms with van der Waals surface area (Å²) in [5.74, 6) is 1.42.